The summed E-state index contributed by atoms with van der Waals surface area (Å²) in [5, 5.41) is 2.62. The van der Waals surface area contributed by atoms with E-state index in [1.165, 1.54) is 0 Å². The van der Waals surface area contributed by atoms with Crippen LogP contribution in [0.25, 0.3) is 0 Å². The minimum Gasteiger partial charge on any atom is -0.445 e. The second-order valence-electron chi connectivity index (χ2n) is 3.24. The molecule has 0 radical (unpaired) electrons. The maximum absolute atomic E-state index is 11.2. The Balaban J connectivity index is 2.29. The smallest absolute Gasteiger partial charge is 0.407 e. The van der Waals surface area contributed by atoms with Crippen molar-refractivity contribution in [2.75, 3.05) is 13.1 Å². The van der Waals surface area contributed by atoms with Crippen molar-refractivity contribution in [1.82, 2.24) is 5.32 Å². The van der Waals surface area contributed by atoms with E-state index in [4.69, 9.17) is 10.5 Å². The van der Waals surface area contributed by atoms with Crippen molar-refractivity contribution in [2.45, 2.75) is 13.0 Å². The number of hydrogen-bond donors (Lipinski definition) is 2. The van der Waals surface area contributed by atoms with Gasteiger partial charge in [-0.2, -0.15) is 0 Å². The molecule has 0 atom stereocenters. The highest BCUT2D eigenvalue weighted by Gasteiger charge is 2.03. The van der Waals surface area contributed by atoms with Crippen molar-refractivity contribution in [2.24, 2.45) is 5.73 Å². The molecule has 1 rings (SSSR count). The van der Waals surface area contributed by atoms with Crippen molar-refractivity contribution in [3.63, 3.8) is 0 Å². The molecule has 88 valence electrons. The standard InChI is InChI=1S/C11H15BrN2O2/c12-10-5-2-1-4-9(10)8-16-11(15)14-7-3-6-13/h1-2,4-5H,3,6-8,13H2,(H,14,15). The topological polar surface area (TPSA) is 64.3 Å². The SMILES string of the molecule is NCCCNC(=O)OCc1ccccc1Br. The molecule has 0 unspecified atom stereocenters. The van der Waals surface area contributed by atoms with E-state index in [0.717, 1.165) is 16.5 Å². The minimum atomic E-state index is -0.413. The number of carbonyl (C=O) groups is 1. The number of ether oxygens (including phenoxy) is 1. The van der Waals surface area contributed by atoms with Crippen LogP contribution < -0.4 is 11.1 Å². The van der Waals surface area contributed by atoms with Gasteiger partial charge in [-0.1, -0.05) is 34.1 Å². The predicted molar refractivity (Wildman–Crippen MR) is 66.0 cm³/mol. The number of benzene rings is 1. The van der Waals surface area contributed by atoms with Crippen LogP contribution in [-0.4, -0.2) is 19.2 Å². The third-order valence-corrected chi connectivity index (χ3v) is 2.74. The number of hydrogen-bond acceptors (Lipinski definition) is 3. The van der Waals surface area contributed by atoms with E-state index < -0.39 is 6.09 Å². The minimum absolute atomic E-state index is 0.260. The van der Waals surface area contributed by atoms with Crippen LogP contribution in [0.1, 0.15) is 12.0 Å². The van der Waals surface area contributed by atoms with E-state index in [1.807, 2.05) is 24.3 Å². The lowest BCUT2D eigenvalue weighted by Gasteiger charge is -2.07. The van der Waals surface area contributed by atoms with Crippen molar-refractivity contribution in [3.8, 4) is 0 Å². The fourth-order valence-electron chi connectivity index (χ4n) is 1.10. The van der Waals surface area contributed by atoms with Gasteiger partial charge >= 0.3 is 6.09 Å². The summed E-state index contributed by atoms with van der Waals surface area (Å²) >= 11 is 3.38. The van der Waals surface area contributed by atoms with Gasteiger partial charge in [0.25, 0.3) is 0 Å². The highest BCUT2D eigenvalue weighted by molar-refractivity contribution is 9.10. The van der Waals surface area contributed by atoms with E-state index in [1.54, 1.807) is 0 Å². The number of halogens is 1. The molecular formula is C11H15BrN2O2. The first-order valence-corrected chi connectivity index (χ1v) is 5.87. The van der Waals surface area contributed by atoms with Crippen molar-refractivity contribution in [1.29, 1.82) is 0 Å². The second kappa shape index (κ2) is 7.24. The number of carbonyl (C=O) groups excluding carboxylic acids is 1. The summed E-state index contributed by atoms with van der Waals surface area (Å²) in [7, 11) is 0. The zero-order valence-corrected chi connectivity index (χ0v) is 10.5. The lowest BCUT2D eigenvalue weighted by atomic mass is 10.2. The molecule has 0 aliphatic carbocycles. The van der Waals surface area contributed by atoms with Crippen LogP contribution in [0.15, 0.2) is 28.7 Å². The van der Waals surface area contributed by atoms with Gasteiger partial charge in [0.2, 0.25) is 0 Å². The van der Waals surface area contributed by atoms with E-state index in [-0.39, 0.29) is 6.61 Å². The van der Waals surface area contributed by atoms with Crippen LogP contribution in [0.3, 0.4) is 0 Å². The molecule has 0 bridgehead atoms. The molecule has 1 aromatic carbocycles. The molecule has 0 heterocycles. The third-order valence-electron chi connectivity index (χ3n) is 1.97. The zero-order chi connectivity index (χ0) is 11.8. The molecule has 1 amide bonds. The predicted octanol–water partition coefficient (Wildman–Crippen LogP) is 2.02. The van der Waals surface area contributed by atoms with E-state index in [2.05, 4.69) is 21.2 Å². The van der Waals surface area contributed by atoms with Crippen LogP contribution in [0.2, 0.25) is 0 Å². The Morgan fingerprint density at radius 2 is 2.19 bits per heavy atom. The molecule has 0 aliphatic rings. The summed E-state index contributed by atoms with van der Waals surface area (Å²) in [6, 6.07) is 7.62. The van der Waals surface area contributed by atoms with Crippen LogP contribution in [0.5, 0.6) is 0 Å². The number of nitrogens with one attached hydrogen (secondary N) is 1. The fraction of sp³-hybridized carbons (Fsp3) is 0.364. The Morgan fingerprint density at radius 1 is 1.44 bits per heavy atom. The highest BCUT2D eigenvalue weighted by Crippen LogP contribution is 2.16. The Morgan fingerprint density at radius 3 is 2.88 bits per heavy atom. The molecule has 0 aliphatic heterocycles. The lowest BCUT2D eigenvalue weighted by Crippen LogP contribution is -2.26. The first-order chi connectivity index (χ1) is 7.74. The Hall–Kier alpha value is -1.07. The quantitative estimate of drug-likeness (QED) is 0.814. The number of alkyl carbamates (subject to hydrolysis) is 1. The zero-order valence-electron chi connectivity index (χ0n) is 8.91. The van der Waals surface area contributed by atoms with Crippen LogP contribution in [0, 0.1) is 0 Å². The van der Waals surface area contributed by atoms with Gasteiger partial charge in [-0.25, -0.2) is 4.79 Å². The molecule has 1 aromatic rings. The average Bonchev–Trinajstić information content (AvgIpc) is 2.28. The van der Waals surface area contributed by atoms with Gasteiger partial charge < -0.3 is 15.8 Å². The van der Waals surface area contributed by atoms with Crippen LogP contribution >= 0.6 is 15.9 Å². The van der Waals surface area contributed by atoms with Gasteiger partial charge in [0.05, 0.1) is 0 Å². The summed E-state index contributed by atoms with van der Waals surface area (Å²) < 4.78 is 5.97. The average molecular weight is 287 g/mol. The molecule has 0 saturated carbocycles. The van der Waals surface area contributed by atoms with Gasteiger partial charge in [-0.3, -0.25) is 0 Å². The van der Waals surface area contributed by atoms with E-state index in [9.17, 15) is 4.79 Å². The van der Waals surface area contributed by atoms with E-state index in [0.29, 0.717) is 13.1 Å². The molecule has 3 N–H and O–H groups in total. The van der Waals surface area contributed by atoms with Crippen LogP contribution in [0.4, 0.5) is 4.79 Å². The Bertz CT molecular complexity index is 345. The first kappa shape index (κ1) is 13.0. The molecule has 0 aromatic heterocycles. The summed E-state index contributed by atoms with van der Waals surface area (Å²) in [6.45, 7) is 1.37. The summed E-state index contributed by atoms with van der Waals surface area (Å²) in [4.78, 5) is 11.2. The summed E-state index contributed by atoms with van der Waals surface area (Å²) in [5.41, 5.74) is 6.24. The Labute approximate surface area is 103 Å². The monoisotopic (exact) mass is 286 g/mol. The first-order valence-electron chi connectivity index (χ1n) is 5.08. The molecular weight excluding hydrogens is 272 g/mol. The van der Waals surface area contributed by atoms with Crippen LogP contribution in [-0.2, 0) is 11.3 Å². The number of amides is 1. The van der Waals surface area contributed by atoms with Gasteiger partial charge in [0.15, 0.2) is 0 Å². The van der Waals surface area contributed by atoms with Gasteiger partial charge in [-0.05, 0) is 19.0 Å². The summed E-state index contributed by atoms with van der Waals surface area (Å²) in [5.74, 6) is 0. The number of rotatable bonds is 5. The third kappa shape index (κ3) is 4.63. The molecule has 0 saturated heterocycles. The van der Waals surface area contributed by atoms with Crippen molar-refractivity contribution < 1.29 is 9.53 Å². The highest BCUT2D eigenvalue weighted by atomic mass is 79.9. The normalized spacial score (nSPS) is 9.88. The van der Waals surface area contributed by atoms with E-state index >= 15 is 0 Å². The largest absolute Gasteiger partial charge is 0.445 e. The maximum Gasteiger partial charge on any atom is 0.407 e. The van der Waals surface area contributed by atoms with Crippen molar-refractivity contribution in [3.05, 3.63) is 34.3 Å². The number of nitrogens with two attached hydrogens (primary N) is 1. The van der Waals surface area contributed by atoms with Crippen molar-refractivity contribution >= 4 is 22.0 Å². The molecule has 0 fully saturated rings. The Kier molecular flexibility index (Phi) is 5.88. The molecule has 4 nitrogen and oxygen atoms in total. The summed E-state index contributed by atoms with van der Waals surface area (Å²) in [6.07, 6.45) is 0.341. The van der Waals surface area contributed by atoms with Gasteiger partial charge in [-0.15, -0.1) is 0 Å². The molecule has 0 spiro atoms. The van der Waals surface area contributed by atoms with Gasteiger partial charge in [0, 0.05) is 16.6 Å². The van der Waals surface area contributed by atoms with Gasteiger partial charge in [0.1, 0.15) is 6.61 Å². The molecule has 5 heteroatoms. The lowest BCUT2D eigenvalue weighted by molar-refractivity contribution is 0.139. The maximum atomic E-state index is 11.2. The fourth-order valence-corrected chi connectivity index (χ4v) is 1.50. The molecule has 16 heavy (non-hydrogen) atoms. The second-order valence-corrected chi connectivity index (χ2v) is 4.09.